The fourth-order valence-corrected chi connectivity index (χ4v) is 2.92. The van der Waals surface area contributed by atoms with E-state index in [0.29, 0.717) is 6.54 Å². The molecule has 1 saturated carbocycles. The van der Waals surface area contributed by atoms with Crippen LogP contribution >= 0.6 is 0 Å². The lowest BCUT2D eigenvalue weighted by molar-refractivity contribution is 0.0517. The topological polar surface area (TPSA) is 76.7 Å². The summed E-state index contributed by atoms with van der Waals surface area (Å²) in [5.41, 5.74) is 0.436. The first-order chi connectivity index (χ1) is 11.8. The van der Waals surface area contributed by atoms with Crippen molar-refractivity contribution in [2.75, 3.05) is 6.54 Å². The summed E-state index contributed by atoms with van der Waals surface area (Å²) in [6.45, 7) is 6.22. The third-order valence-corrected chi connectivity index (χ3v) is 4.08. The van der Waals surface area contributed by atoms with Gasteiger partial charge in [0.1, 0.15) is 12.2 Å². The summed E-state index contributed by atoms with van der Waals surface area (Å²) < 4.78 is 10.5. The van der Waals surface area contributed by atoms with Crippen LogP contribution < -0.4 is 10.6 Å². The van der Waals surface area contributed by atoms with Crippen molar-refractivity contribution in [1.82, 2.24) is 10.6 Å². The molecule has 0 aliphatic heterocycles. The highest BCUT2D eigenvalue weighted by molar-refractivity contribution is 5.68. The number of hydrogen-bond donors (Lipinski definition) is 2. The van der Waals surface area contributed by atoms with Crippen molar-refractivity contribution >= 4 is 12.2 Å². The molecule has 2 rings (SSSR count). The van der Waals surface area contributed by atoms with E-state index in [2.05, 4.69) is 10.6 Å². The molecule has 2 atom stereocenters. The van der Waals surface area contributed by atoms with Crippen LogP contribution in [-0.4, -0.2) is 30.4 Å². The average molecular weight is 348 g/mol. The summed E-state index contributed by atoms with van der Waals surface area (Å²) in [7, 11) is 0. The minimum atomic E-state index is -0.515. The molecule has 0 saturated heterocycles. The Morgan fingerprint density at radius 1 is 1.12 bits per heavy atom. The third-order valence-electron chi connectivity index (χ3n) is 4.08. The monoisotopic (exact) mass is 348 g/mol. The molecule has 0 aromatic heterocycles. The fraction of sp³-hybridized carbons (Fsp3) is 0.579. The largest absolute Gasteiger partial charge is 0.445 e. The normalized spacial score (nSPS) is 20.0. The van der Waals surface area contributed by atoms with Crippen LogP contribution in [0.15, 0.2) is 30.3 Å². The summed E-state index contributed by atoms with van der Waals surface area (Å²) in [5, 5.41) is 5.71. The van der Waals surface area contributed by atoms with Gasteiger partial charge in [0.25, 0.3) is 0 Å². The first-order valence-electron chi connectivity index (χ1n) is 8.77. The molecule has 2 amide bonds. The first kappa shape index (κ1) is 19.1. The molecule has 1 fully saturated rings. The molecule has 1 aromatic rings. The van der Waals surface area contributed by atoms with Gasteiger partial charge in [-0.1, -0.05) is 36.8 Å². The Balaban J connectivity index is 1.73. The Morgan fingerprint density at radius 3 is 2.52 bits per heavy atom. The standard InChI is InChI=1S/C19H28N2O4/c1-19(2,3)25-17(22)20-12-15-10-7-11-16(15)21-18(23)24-13-14-8-5-4-6-9-14/h4-6,8-9,15-16H,7,10-13H2,1-3H3,(H,20,22)(H,21,23)/t15-,16-/m0/s1. The van der Waals surface area contributed by atoms with E-state index in [0.717, 1.165) is 24.8 Å². The molecule has 1 aromatic carbocycles. The number of rotatable bonds is 5. The van der Waals surface area contributed by atoms with E-state index in [9.17, 15) is 9.59 Å². The lowest BCUT2D eigenvalue weighted by Crippen LogP contribution is -2.43. The second kappa shape index (κ2) is 8.74. The second-order valence-electron chi connectivity index (χ2n) is 7.39. The molecule has 6 heteroatoms. The van der Waals surface area contributed by atoms with Crippen molar-refractivity contribution in [2.45, 2.75) is 58.3 Å². The molecule has 0 bridgehead atoms. The Bertz CT molecular complexity index is 569. The van der Waals surface area contributed by atoms with Crippen LogP contribution in [0.25, 0.3) is 0 Å². The first-order valence-corrected chi connectivity index (χ1v) is 8.77. The maximum absolute atomic E-state index is 12.0. The zero-order valence-electron chi connectivity index (χ0n) is 15.2. The zero-order chi connectivity index (χ0) is 18.3. The molecule has 0 radical (unpaired) electrons. The molecule has 0 unspecified atom stereocenters. The Kier molecular flexibility index (Phi) is 6.67. The van der Waals surface area contributed by atoms with Crippen LogP contribution in [0, 0.1) is 5.92 Å². The van der Waals surface area contributed by atoms with Crippen LogP contribution in [0.1, 0.15) is 45.6 Å². The summed E-state index contributed by atoms with van der Waals surface area (Å²) in [6, 6.07) is 9.58. The summed E-state index contributed by atoms with van der Waals surface area (Å²) in [5.74, 6) is 0.191. The number of ether oxygens (including phenoxy) is 2. The molecule has 25 heavy (non-hydrogen) atoms. The molecule has 1 aliphatic rings. The van der Waals surface area contributed by atoms with Gasteiger partial charge < -0.3 is 20.1 Å². The number of alkyl carbamates (subject to hydrolysis) is 2. The predicted molar refractivity (Wildman–Crippen MR) is 95.1 cm³/mol. The molecular weight excluding hydrogens is 320 g/mol. The maximum atomic E-state index is 12.0. The number of amides is 2. The quantitative estimate of drug-likeness (QED) is 0.852. The Hall–Kier alpha value is -2.24. The maximum Gasteiger partial charge on any atom is 0.407 e. The summed E-state index contributed by atoms with van der Waals surface area (Å²) in [6.07, 6.45) is 2.02. The van der Waals surface area contributed by atoms with Crippen molar-refractivity contribution in [3.05, 3.63) is 35.9 Å². The fourth-order valence-electron chi connectivity index (χ4n) is 2.92. The lowest BCUT2D eigenvalue weighted by Gasteiger charge is -2.23. The van der Waals surface area contributed by atoms with Crippen molar-refractivity contribution < 1.29 is 19.1 Å². The SMILES string of the molecule is CC(C)(C)OC(=O)NC[C@@H]1CCC[C@@H]1NC(=O)OCc1ccccc1. The Morgan fingerprint density at radius 2 is 1.84 bits per heavy atom. The van der Waals surface area contributed by atoms with Gasteiger partial charge in [-0.05, 0) is 45.1 Å². The number of nitrogens with one attached hydrogen (secondary N) is 2. The highest BCUT2D eigenvalue weighted by atomic mass is 16.6. The van der Waals surface area contributed by atoms with Crippen molar-refractivity contribution in [3.8, 4) is 0 Å². The molecule has 0 spiro atoms. The number of carbonyl (C=O) groups excluding carboxylic acids is 2. The van der Waals surface area contributed by atoms with Crippen molar-refractivity contribution in [1.29, 1.82) is 0 Å². The minimum Gasteiger partial charge on any atom is -0.445 e. The second-order valence-corrected chi connectivity index (χ2v) is 7.39. The van der Waals surface area contributed by atoms with Gasteiger partial charge in [0.15, 0.2) is 0 Å². The van der Waals surface area contributed by atoms with Crippen LogP contribution in [0.3, 0.4) is 0 Å². The molecule has 6 nitrogen and oxygen atoms in total. The van der Waals surface area contributed by atoms with Gasteiger partial charge in [-0.3, -0.25) is 0 Å². The lowest BCUT2D eigenvalue weighted by atomic mass is 10.0. The predicted octanol–water partition coefficient (Wildman–Crippen LogP) is 3.61. The van der Waals surface area contributed by atoms with E-state index in [1.54, 1.807) is 0 Å². The number of benzene rings is 1. The van der Waals surface area contributed by atoms with Crippen LogP contribution in [-0.2, 0) is 16.1 Å². The third kappa shape index (κ3) is 7.03. The van der Waals surface area contributed by atoms with E-state index in [-0.39, 0.29) is 18.6 Å². The van der Waals surface area contributed by atoms with E-state index >= 15 is 0 Å². The summed E-state index contributed by atoms with van der Waals surface area (Å²) in [4.78, 5) is 23.8. The van der Waals surface area contributed by atoms with Crippen molar-refractivity contribution in [3.63, 3.8) is 0 Å². The van der Waals surface area contributed by atoms with E-state index in [1.165, 1.54) is 0 Å². The van der Waals surface area contributed by atoms with Gasteiger partial charge in [0.2, 0.25) is 0 Å². The van der Waals surface area contributed by atoms with Gasteiger partial charge in [-0.25, -0.2) is 9.59 Å². The highest BCUT2D eigenvalue weighted by Crippen LogP contribution is 2.25. The van der Waals surface area contributed by atoms with Crippen molar-refractivity contribution in [2.24, 2.45) is 5.92 Å². The van der Waals surface area contributed by atoms with Gasteiger partial charge in [0.05, 0.1) is 0 Å². The molecule has 2 N–H and O–H groups in total. The highest BCUT2D eigenvalue weighted by Gasteiger charge is 2.29. The van der Waals surface area contributed by atoms with E-state index in [1.807, 2.05) is 51.1 Å². The number of hydrogen-bond acceptors (Lipinski definition) is 4. The molecule has 0 heterocycles. The van der Waals surface area contributed by atoms with Crippen LogP contribution in [0.4, 0.5) is 9.59 Å². The zero-order valence-corrected chi connectivity index (χ0v) is 15.2. The van der Waals surface area contributed by atoms with Crippen LogP contribution in [0.2, 0.25) is 0 Å². The Labute approximate surface area is 149 Å². The van der Waals surface area contributed by atoms with Crippen LogP contribution in [0.5, 0.6) is 0 Å². The van der Waals surface area contributed by atoms with Gasteiger partial charge in [0, 0.05) is 12.6 Å². The number of carbonyl (C=O) groups is 2. The van der Waals surface area contributed by atoms with Gasteiger partial charge in [-0.2, -0.15) is 0 Å². The molecular formula is C19H28N2O4. The smallest absolute Gasteiger partial charge is 0.407 e. The van der Waals surface area contributed by atoms with Gasteiger partial charge >= 0.3 is 12.2 Å². The summed E-state index contributed by atoms with van der Waals surface area (Å²) >= 11 is 0. The van der Waals surface area contributed by atoms with E-state index < -0.39 is 17.8 Å². The average Bonchev–Trinajstić information content (AvgIpc) is 2.97. The molecule has 138 valence electrons. The van der Waals surface area contributed by atoms with E-state index in [4.69, 9.17) is 9.47 Å². The minimum absolute atomic E-state index is 0.0122. The molecule has 1 aliphatic carbocycles. The van der Waals surface area contributed by atoms with Gasteiger partial charge in [-0.15, -0.1) is 0 Å².